The van der Waals surface area contributed by atoms with Gasteiger partial charge < -0.3 is 9.80 Å². The molecule has 0 radical (unpaired) electrons. The first-order valence-corrected chi connectivity index (χ1v) is 7.74. The SMILES string of the molecule is Cc1ccc(Cl)cc1N1CCN(C(=O)C2CC2C)CC1. The first kappa shape index (κ1) is 13.7. The minimum Gasteiger partial charge on any atom is -0.368 e. The molecule has 1 heterocycles. The molecule has 3 rings (SSSR count). The molecule has 1 aliphatic carbocycles. The maximum absolute atomic E-state index is 12.2. The molecule has 1 saturated carbocycles. The number of aryl methyl sites for hydroxylation is 1. The fraction of sp³-hybridized carbons (Fsp3) is 0.562. The summed E-state index contributed by atoms with van der Waals surface area (Å²) in [4.78, 5) is 16.6. The highest BCUT2D eigenvalue weighted by atomic mass is 35.5. The third-order valence-corrected chi connectivity index (χ3v) is 4.76. The zero-order valence-electron chi connectivity index (χ0n) is 12.1. The van der Waals surface area contributed by atoms with E-state index in [-0.39, 0.29) is 0 Å². The van der Waals surface area contributed by atoms with Crippen LogP contribution >= 0.6 is 11.6 Å². The summed E-state index contributed by atoms with van der Waals surface area (Å²) in [5.74, 6) is 1.25. The predicted molar refractivity (Wildman–Crippen MR) is 82.3 cm³/mol. The number of carbonyl (C=O) groups excluding carboxylic acids is 1. The molecule has 1 aromatic carbocycles. The lowest BCUT2D eigenvalue weighted by Crippen LogP contribution is -2.49. The van der Waals surface area contributed by atoms with E-state index in [1.165, 1.54) is 11.3 Å². The Labute approximate surface area is 125 Å². The van der Waals surface area contributed by atoms with E-state index >= 15 is 0 Å². The summed E-state index contributed by atoms with van der Waals surface area (Å²) >= 11 is 6.09. The molecule has 4 heteroatoms. The van der Waals surface area contributed by atoms with Gasteiger partial charge in [-0.2, -0.15) is 0 Å². The first-order chi connectivity index (χ1) is 9.56. The van der Waals surface area contributed by atoms with Gasteiger partial charge in [0.15, 0.2) is 0 Å². The molecule has 0 aromatic heterocycles. The Balaban J connectivity index is 1.63. The van der Waals surface area contributed by atoms with Gasteiger partial charge in [0.2, 0.25) is 5.91 Å². The van der Waals surface area contributed by atoms with Crippen molar-refractivity contribution >= 4 is 23.2 Å². The van der Waals surface area contributed by atoms with E-state index in [4.69, 9.17) is 11.6 Å². The van der Waals surface area contributed by atoms with E-state index in [9.17, 15) is 4.79 Å². The fourth-order valence-corrected chi connectivity index (χ4v) is 3.16. The van der Waals surface area contributed by atoms with Crippen LogP contribution in [0.25, 0.3) is 0 Å². The van der Waals surface area contributed by atoms with Crippen LogP contribution in [0.5, 0.6) is 0 Å². The van der Waals surface area contributed by atoms with E-state index in [2.05, 4.69) is 24.8 Å². The summed E-state index contributed by atoms with van der Waals surface area (Å²) in [7, 11) is 0. The topological polar surface area (TPSA) is 23.6 Å². The van der Waals surface area contributed by atoms with Gasteiger partial charge in [-0.3, -0.25) is 4.79 Å². The number of hydrogen-bond acceptors (Lipinski definition) is 2. The van der Waals surface area contributed by atoms with Gasteiger partial charge >= 0.3 is 0 Å². The number of benzene rings is 1. The van der Waals surface area contributed by atoms with E-state index in [0.717, 1.165) is 37.6 Å². The molecule has 0 bridgehead atoms. The normalized spacial score (nSPS) is 25.8. The minimum atomic E-state index is 0.300. The third kappa shape index (κ3) is 2.64. The number of nitrogens with zero attached hydrogens (tertiary/aromatic N) is 2. The Morgan fingerprint density at radius 2 is 1.90 bits per heavy atom. The average molecular weight is 293 g/mol. The molecule has 20 heavy (non-hydrogen) atoms. The van der Waals surface area contributed by atoms with Crippen LogP contribution in [0.15, 0.2) is 18.2 Å². The zero-order chi connectivity index (χ0) is 14.3. The molecular formula is C16H21ClN2O. The average Bonchev–Trinajstić information content (AvgIpc) is 3.18. The summed E-state index contributed by atoms with van der Waals surface area (Å²) in [5, 5.41) is 0.774. The molecule has 2 unspecified atom stereocenters. The molecule has 1 amide bonds. The van der Waals surface area contributed by atoms with Crippen LogP contribution in [-0.4, -0.2) is 37.0 Å². The predicted octanol–water partition coefficient (Wildman–Crippen LogP) is 2.95. The monoisotopic (exact) mass is 292 g/mol. The van der Waals surface area contributed by atoms with Crippen LogP contribution in [-0.2, 0) is 4.79 Å². The van der Waals surface area contributed by atoms with Gasteiger partial charge in [-0.15, -0.1) is 0 Å². The lowest BCUT2D eigenvalue weighted by molar-refractivity contribution is -0.133. The van der Waals surface area contributed by atoms with Crippen LogP contribution in [0, 0.1) is 18.8 Å². The van der Waals surface area contributed by atoms with Crippen molar-refractivity contribution < 1.29 is 4.79 Å². The highest BCUT2D eigenvalue weighted by Crippen LogP contribution is 2.39. The summed E-state index contributed by atoms with van der Waals surface area (Å²) in [6.07, 6.45) is 1.08. The van der Waals surface area contributed by atoms with E-state index < -0.39 is 0 Å². The maximum atomic E-state index is 12.2. The van der Waals surface area contributed by atoms with Crippen molar-refractivity contribution in [1.82, 2.24) is 4.90 Å². The van der Waals surface area contributed by atoms with Crippen molar-refractivity contribution in [1.29, 1.82) is 0 Å². The number of piperazine rings is 1. The lowest BCUT2D eigenvalue weighted by Gasteiger charge is -2.37. The fourth-order valence-electron chi connectivity index (χ4n) is 2.99. The number of anilines is 1. The van der Waals surface area contributed by atoms with E-state index in [0.29, 0.717) is 17.7 Å². The standard InChI is InChI=1S/C16H21ClN2O/c1-11-3-4-13(17)10-15(11)18-5-7-19(8-6-18)16(20)14-9-12(14)2/h3-4,10,12,14H,5-9H2,1-2H3. The Bertz CT molecular complexity index is 523. The van der Waals surface area contributed by atoms with Crippen LogP contribution in [0.1, 0.15) is 18.9 Å². The number of halogens is 1. The Kier molecular flexibility index (Phi) is 3.63. The van der Waals surface area contributed by atoms with Crippen molar-refractivity contribution in [2.24, 2.45) is 11.8 Å². The van der Waals surface area contributed by atoms with Gasteiger partial charge in [0.1, 0.15) is 0 Å². The number of rotatable bonds is 2. The largest absolute Gasteiger partial charge is 0.368 e. The molecule has 2 fully saturated rings. The van der Waals surface area contributed by atoms with Crippen molar-refractivity contribution in [3.63, 3.8) is 0 Å². The quantitative estimate of drug-likeness (QED) is 0.837. The summed E-state index contributed by atoms with van der Waals surface area (Å²) < 4.78 is 0. The highest BCUT2D eigenvalue weighted by molar-refractivity contribution is 6.30. The molecule has 3 nitrogen and oxygen atoms in total. The highest BCUT2D eigenvalue weighted by Gasteiger charge is 2.41. The zero-order valence-corrected chi connectivity index (χ0v) is 12.9. The maximum Gasteiger partial charge on any atom is 0.226 e. The third-order valence-electron chi connectivity index (χ3n) is 4.53. The molecule has 1 aromatic rings. The molecule has 2 aliphatic rings. The minimum absolute atomic E-state index is 0.300. The van der Waals surface area contributed by atoms with Gasteiger partial charge in [0.25, 0.3) is 0 Å². The molecule has 0 N–H and O–H groups in total. The first-order valence-electron chi connectivity index (χ1n) is 7.36. The smallest absolute Gasteiger partial charge is 0.226 e. The molecule has 1 aliphatic heterocycles. The van der Waals surface area contributed by atoms with Crippen LogP contribution in [0.2, 0.25) is 5.02 Å². The van der Waals surface area contributed by atoms with Gasteiger partial charge in [0.05, 0.1) is 0 Å². The van der Waals surface area contributed by atoms with Crippen LogP contribution in [0.3, 0.4) is 0 Å². The second-order valence-electron chi connectivity index (χ2n) is 6.06. The van der Waals surface area contributed by atoms with Crippen molar-refractivity contribution in [3.8, 4) is 0 Å². The van der Waals surface area contributed by atoms with Crippen LogP contribution in [0.4, 0.5) is 5.69 Å². The number of amides is 1. The molecule has 1 saturated heterocycles. The van der Waals surface area contributed by atoms with Gasteiger partial charge in [-0.25, -0.2) is 0 Å². The summed E-state index contributed by atoms with van der Waals surface area (Å²) in [5.41, 5.74) is 2.44. The molecule has 108 valence electrons. The Morgan fingerprint density at radius 1 is 1.25 bits per heavy atom. The van der Waals surface area contributed by atoms with E-state index in [1.54, 1.807) is 0 Å². The van der Waals surface area contributed by atoms with Gasteiger partial charge in [-0.05, 0) is 37.0 Å². The number of carbonyl (C=O) groups is 1. The second kappa shape index (κ2) is 5.28. The molecule has 2 atom stereocenters. The number of hydrogen-bond donors (Lipinski definition) is 0. The van der Waals surface area contributed by atoms with Gasteiger partial charge in [0, 0.05) is 42.8 Å². The Morgan fingerprint density at radius 3 is 2.50 bits per heavy atom. The summed E-state index contributed by atoms with van der Waals surface area (Å²) in [6, 6.07) is 6.01. The lowest BCUT2D eigenvalue weighted by atomic mass is 10.1. The van der Waals surface area contributed by atoms with E-state index in [1.807, 2.05) is 17.0 Å². The second-order valence-corrected chi connectivity index (χ2v) is 6.50. The van der Waals surface area contributed by atoms with Crippen molar-refractivity contribution in [2.45, 2.75) is 20.3 Å². The van der Waals surface area contributed by atoms with Crippen molar-refractivity contribution in [2.75, 3.05) is 31.1 Å². The molecular weight excluding hydrogens is 272 g/mol. The van der Waals surface area contributed by atoms with Crippen molar-refractivity contribution in [3.05, 3.63) is 28.8 Å². The van der Waals surface area contributed by atoms with Crippen LogP contribution < -0.4 is 4.90 Å². The Hall–Kier alpha value is -1.22. The summed E-state index contributed by atoms with van der Waals surface area (Å²) in [6.45, 7) is 7.72. The molecule has 0 spiro atoms. The van der Waals surface area contributed by atoms with Gasteiger partial charge in [-0.1, -0.05) is 24.6 Å².